The van der Waals surface area contributed by atoms with Gasteiger partial charge in [-0.15, -0.1) is 0 Å². The average Bonchev–Trinajstić information content (AvgIpc) is 3.27. The van der Waals surface area contributed by atoms with Crippen molar-refractivity contribution in [2.75, 3.05) is 30.3 Å². The predicted octanol–water partition coefficient (Wildman–Crippen LogP) is 1.91. The van der Waals surface area contributed by atoms with Crippen molar-refractivity contribution in [3.05, 3.63) is 53.7 Å². The normalized spacial score (nSPS) is 15.5. The van der Waals surface area contributed by atoms with Gasteiger partial charge in [0.1, 0.15) is 18.0 Å². The molecule has 1 fully saturated rings. The molecule has 0 radical (unpaired) electrons. The van der Waals surface area contributed by atoms with Crippen LogP contribution in [-0.4, -0.2) is 42.6 Å². The summed E-state index contributed by atoms with van der Waals surface area (Å²) >= 11 is 0. The quantitative estimate of drug-likeness (QED) is 0.633. The number of carbonyl (C=O) groups is 2. The lowest BCUT2D eigenvalue weighted by Crippen LogP contribution is -2.29. The zero-order chi connectivity index (χ0) is 19.8. The summed E-state index contributed by atoms with van der Waals surface area (Å²) < 4.78 is 5.36. The lowest BCUT2D eigenvalue weighted by molar-refractivity contribution is -0.124. The minimum Gasteiger partial charge on any atom is -0.368 e. The maximum atomic E-state index is 12.3. The third-order valence-electron chi connectivity index (χ3n) is 4.22. The number of nitrogens with one attached hydrogen (secondary N) is 3. The molecule has 1 aliphatic rings. The average molecular weight is 379 g/mol. The van der Waals surface area contributed by atoms with Gasteiger partial charge in [0.15, 0.2) is 0 Å². The largest absolute Gasteiger partial charge is 0.368 e. The lowest BCUT2D eigenvalue weighted by Gasteiger charge is -2.12. The van der Waals surface area contributed by atoms with E-state index in [1.165, 1.54) is 6.20 Å². The number of aromatic nitrogens is 1. The minimum absolute atomic E-state index is 0.186. The number of anilines is 2. The zero-order valence-corrected chi connectivity index (χ0v) is 15.3. The third kappa shape index (κ3) is 5.28. The summed E-state index contributed by atoms with van der Waals surface area (Å²) in [5.74, 6) is 0.212. The highest BCUT2D eigenvalue weighted by Crippen LogP contribution is 2.16. The van der Waals surface area contributed by atoms with Crippen molar-refractivity contribution in [1.82, 2.24) is 10.3 Å². The fourth-order valence-corrected chi connectivity index (χ4v) is 2.78. The van der Waals surface area contributed by atoms with Gasteiger partial charge in [-0.3, -0.25) is 9.59 Å². The van der Waals surface area contributed by atoms with Gasteiger partial charge in [0, 0.05) is 37.1 Å². The number of benzene rings is 1. The number of amides is 2. The van der Waals surface area contributed by atoms with Crippen LogP contribution in [0.2, 0.25) is 0 Å². The lowest BCUT2D eigenvalue weighted by atomic mass is 10.1. The van der Waals surface area contributed by atoms with Crippen LogP contribution in [0.5, 0.6) is 0 Å². The Morgan fingerprint density at radius 1 is 1.25 bits per heavy atom. The number of pyridine rings is 1. The Bertz CT molecular complexity index is 870. The van der Waals surface area contributed by atoms with E-state index in [2.05, 4.69) is 20.9 Å². The van der Waals surface area contributed by atoms with E-state index in [-0.39, 0.29) is 11.8 Å². The molecule has 1 aromatic carbocycles. The second-order valence-electron chi connectivity index (χ2n) is 6.30. The van der Waals surface area contributed by atoms with Crippen molar-refractivity contribution >= 4 is 23.3 Å². The van der Waals surface area contributed by atoms with E-state index in [1.54, 1.807) is 36.4 Å². The maximum Gasteiger partial charge on any atom is 0.253 e. The Hall–Kier alpha value is -3.44. The highest BCUT2D eigenvalue weighted by Gasteiger charge is 2.23. The number of hydrogen-bond acceptors (Lipinski definition) is 6. The molecule has 3 rings (SSSR count). The minimum atomic E-state index is -0.417. The van der Waals surface area contributed by atoms with Gasteiger partial charge in [-0.2, -0.15) is 5.26 Å². The van der Waals surface area contributed by atoms with Gasteiger partial charge in [0.2, 0.25) is 0 Å². The van der Waals surface area contributed by atoms with E-state index in [0.717, 1.165) is 6.42 Å². The number of nitrogens with zero attached hydrogens (tertiary/aromatic N) is 2. The molecule has 0 aliphatic carbocycles. The topological polar surface area (TPSA) is 116 Å². The van der Waals surface area contributed by atoms with Crippen molar-refractivity contribution in [3.63, 3.8) is 0 Å². The molecule has 1 aromatic heterocycles. The Labute approximate surface area is 162 Å². The van der Waals surface area contributed by atoms with E-state index in [0.29, 0.717) is 48.7 Å². The van der Waals surface area contributed by atoms with Crippen LogP contribution in [0.25, 0.3) is 0 Å². The van der Waals surface area contributed by atoms with Crippen LogP contribution < -0.4 is 16.0 Å². The molecule has 1 aliphatic heterocycles. The summed E-state index contributed by atoms with van der Waals surface area (Å²) in [6, 6.07) is 12.2. The molecule has 2 aromatic rings. The van der Waals surface area contributed by atoms with Crippen molar-refractivity contribution in [2.24, 2.45) is 0 Å². The predicted molar refractivity (Wildman–Crippen MR) is 104 cm³/mol. The molecule has 0 saturated carbocycles. The first-order valence-corrected chi connectivity index (χ1v) is 9.06. The number of rotatable bonds is 7. The monoisotopic (exact) mass is 379 g/mol. The van der Waals surface area contributed by atoms with Crippen LogP contribution in [0.4, 0.5) is 11.5 Å². The van der Waals surface area contributed by atoms with Gasteiger partial charge in [-0.25, -0.2) is 4.98 Å². The number of ether oxygens (including phenoxy) is 1. The summed E-state index contributed by atoms with van der Waals surface area (Å²) in [7, 11) is 0. The van der Waals surface area contributed by atoms with Crippen LogP contribution >= 0.6 is 0 Å². The second kappa shape index (κ2) is 9.48. The molecule has 3 N–H and O–H groups in total. The maximum absolute atomic E-state index is 12.3. The van der Waals surface area contributed by atoms with Crippen LogP contribution in [0.1, 0.15) is 28.8 Å². The molecular weight excluding hydrogens is 358 g/mol. The second-order valence-corrected chi connectivity index (χ2v) is 6.30. The fourth-order valence-electron chi connectivity index (χ4n) is 2.78. The number of hydrogen-bond donors (Lipinski definition) is 3. The van der Waals surface area contributed by atoms with Crippen molar-refractivity contribution in [3.8, 4) is 6.07 Å². The van der Waals surface area contributed by atoms with Gasteiger partial charge in [0.05, 0.1) is 5.56 Å². The molecule has 8 heteroatoms. The van der Waals surface area contributed by atoms with E-state index in [9.17, 15) is 9.59 Å². The summed E-state index contributed by atoms with van der Waals surface area (Å²) in [6.07, 6.45) is 2.66. The molecule has 1 saturated heterocycles. The van der Waals surface area contributed by atoms with Crippen molar-refractivity contribution < 1.29 is 14.3 Å². The Morgan fingerprint density at radius 2 is 2.14 bits per heavy atom. The highest BCUT2D eigenvalue weighted by atomic mass is 16.5. The molecule has 1 unspecified atom stereocenters. The van der Waals surface area contributed by atoms with Gasteiger partial charge in [-0.1, -0.05) is 6.07 Å². The molecule has 144 valence electrons. The highest BCUT2D eigenvalue weighted by molar-refractivity contribution is 5.98. The summed E-state index contributed by atoms with van der Waals surface area (Å²) in [5.41, 5.74) is 1.51. The van der Waals surface area contributed by atoms with E-state index in [4.69, 9.17) is 10.00 Å². The smallest absolute Gasteiger partial charge is 0.253 e. The third-order valence-corrected chi connectivity index (χ3v) is 4.22. The van der Waals surface area contributed by atoms with Crippen LogP contribution in [-0.2, 0) is 9.53 Å². The Kier molecular flexibility index (Phi) is 6.54. The molecule has 28 heavy (non-hydrogen) atoms. The van der Waals surface area contributed by atoms with E-state index < -0.39 is 6.10 Å². The summed E-state index contributed by atoms with van der Waals surface area (Å²) in [6.45, 7) is 1.49. The van der Waals surface area contributed by atoms with E-state index >= 15 is 0 Å². The number of nitriles is 1. The molecule has 0 bridgehead atoms. The fraction of sp³-hybridized carbons (Fsp3) is 0.300. The summed E-state index contributed by atoms with van der Waals surface area (Å²) in [5, 5.41) is 17.4. The molecule has 2 amide bonds. The molecular formula is C20H21N5O3. The first-order valence-electron chi connectivity index (χ1n) is 9.06. The molecule has 2 heterocycles. The van der Waals surface area contributed by atoms with E-state index in [1.807, 2.05) is 6.07 Å². The standard InChI is InChI=1S/C20H21N5O3/c21-12-14-6-7-18(24-13-14)22-8-9-23-19(26)15-3-1-4-16(11-15)25-20(27)17-5-2-10-28-17/h1,3-4,6-7,11,13,17H,2,5,8-10H2,(H,22,24)(H,23,26)(H,25,27). The van der Waals surface area contributed by atoms with Gasteiger partial charge in [-0.05, 0) is 43.2 Å². The van der Waals surface area contributed by atoms with Gasteiger partial charge in [0.25, 0.3) is 11.8 Å². The van der Waals surface area contributed by atoms with Gasteiger partial charge >= 0.3 is 0 Å². The van der Waals surface area contributed by atoms with Crippen molar-refractivity contribution in [2.45, 2.75) is 18.9 Å². The molecule has 1 atom stereocenters. The van der Waals surface area contributed by atoms with Crippen molar-refractivity contribution in [1.29, 1.82) is 5.26 Å². The first-order chi connectivity index (χ1) is 13.7. The zero-order valence-electron chi connectivity index (χ0n) is 15.3. The SMILES string of the molecule is N#Cc1ccc(NCCNC(=O)c2cccc(NC(=O)C3CCCO3)c2)nc1. The van der Waals surface area contributed by atoms with Crippen LogP contribution in [0.15, 0.2) is 42.6 Å². The summed E-state index contributed by atoms with van der Waals surface area (Å²) in [4.78, 5) is 28.5. The van der Waals surface area contributed by atoms with Gasteiger partial charge < -0.3 is 20.7 Å². The van der Waals surface area contributed by atoms with Crippen LogP contribution in [0.3, 0.4) is 0 Å². The Morgan fingerprint density at radius 3 is 2.86 bits per heavy atom. The number of carbonyl (C=O) groups excluding carboxylic acids is 2. The first kappa shape index (κ1) is 19.3. The Balaban J connectivity index is 1.46. The molecule has 8 nitrogen and oxygen atoms in total. The molecule has 0 spiro atoms. The van der Waals surface area contributed by atoms with Crippen LogP contribution in [0, 0.1) is 11.3 Å².